The van der Waals surface area contributed by atoms with Crippen LogP contribution in [0, 0.1) is 5.92 Å². The maximum absolute atomic E-state index is 11.0. The first-order chi connectivity index (χ1) is 6.04. The van der Waals surface area contributed by atoms with Gasteiger partial charge in [-0.25, -0.2) is 0 Å². The number of rotatable bonds is 5. The van der Waals surface area contributed by atoms with Crippen LogP contribution in [-0.2, 0) is 9.59 Å². The summed E-state index contributed by atoms with van der Waals surface area (Å²) in [5, 5.41) is 2.75. The summed E-state index contributed by atoms with van der Waals surface area (Å²) >= 11 is 0. The predicted molar refractivity (Wildman–Crippen MR) is 52.3 cm³/mol. The molecule has 3 heteroatoms. The van der Waals surface area contributed by atoms with Crippen LogP contribution in [0.15, 0.2) is 12.2 Å². The number of carbonyl (C=O) groups excluding carboxylic acids is 2. The van der Waals surface area contributed by atoms with Crippen molar-refractivity contribution in [3.05, 3.63) is 12.2 Å². The highest BCUT2D eigenvalue weighted by molar-refractivity contribution is 5.87. The molecule has 0 spiro atoms. The molecule has 0 atom stereocenters. The Labute approximate surface area is 79.2 Å². The number of allylic oxidation sites excluding steroid dienone is 1. The van der Waals surface area contributed by atoms with Gasteiger partial charge in [0.05, 0.1) is 0 Å². The van der Waals surface area contributed by atoms with Crippen LogP contribution in [0.5, 0.6) is 0 Å². The van der Waals surface area contributed by atoms with Gasteiger partial charge in [0.15, 0.2) is 5.78 Å². The monoisotopic (exact) mass is 183 g/mol. The van der Waals surface area contributed by atoms with Crippen LogP contribution >= 0.6 is 0 Å². The van der Waals surface area contributed by atoms with E-state index >= 15 is 0 Å². The highest BCUT2D eigenvalue weighted by Crippen LogP contribution is 1.90. The van der Waals surface area contributed by atoms with Crippen molar-refractivity contribution in [2.75, 3.05) is 6.54 Å². The van der Waals surface area contributed by atoms with E-state index in [4.69, 9.17) is 0 Å². The zero-order chi connectivity index (χ0) is 10.3. The van der Waals surface area contributed by atoms with Gasteiger partial charge in [-0.15, -0.1) is 0 Å². The SMILES string of the molecule is CC(=O)C=CCCNC(=O)C(C)C. The van der Waals surface area contributed by atoms with Gasteiger partial charge in [0.25, 0.3) is 0 Å². The third kappa shape index (κ3) is 7.25. The second kappa shape index (κ2) is 6.40. The maximum Gasteiger partial charge on any atom is 0.222 e. The Morgan fingerprint density at radius 3 is 2.46 bits per heavy atom. The van der Waals surface area contributed by atoms with Gasteiger partial charge < -0.3 is 5.32 Å². The molecule has 0 bridgehead atoms. The Balaban J connectivity index is 3.46. The summed E-state index contributed by atoms with van der Waals surface area (Å²) in [5.41, 5.74) is 0. The minimum absolute atomic E-state index is 0.0248. The average Bonchev–Trinajstić information content (AvgIpc) is 2.02. The fraction of sp³-hybridized carbons (Fsp3) is 0.600. The molecular weight excluding hydrogens is 166 g/mol. The molecule has 0 rings (SSSR count). The molecular formula is C10H17NO2. The molecule has 0 aromatic rings. The summed E-state index contributed by atoms with van der Waals surface area (Å²) in [5.74, 6) is 0.114. The van der Waals surface area contributed by atoms with Crippen molar-refractivity contribution in [1.82, 2.24) is 5.32 Å². The van der Waals surface area contributed by atoms with Crippen LogP contribution in [0.25, 0.3) is 0 Å². The van der Waals surface area contributed by atoms with E-state index in [2.05, 4.69) is 5.32 Å². The molecule has 1 amide bonds. The van der Waals surface area contributed by atoms with Crippen LogP contribution in [0.2, 0.25) is 0 Å². The number of carbonyl (C=O) groups is 2. The lowest BCUT2D eigenvalue weighted by Crippen LogP contribution is -2.28. The smallest absolute Gasteiger partial charge is 0.222 e. The van der Waals surface area contributed by atoms with Crippen LogP contribution < -0.4 is 5.32 Å². The van der Waals surface area contributed by atoms with Gasteiger partial charge >= 0.3 is 0 Å². The first kappa shape index (κ1) is 11.9. The molecule has 0 heterocycles. The topological polar surface area (TPSA) is 46.2 Å². The van der Waals surface area contributed by atoms with Gasteiger partial charge in [-0.3, -0.25) is 9.59 Å². The highest BCUT2D eigenvalue weighted by Gasteiger charge is 2.03. The summed E-state index contributed by atoms with van der Waals surface area (Å²) in [6.45, 7) is 5.80. The molecule has 0 unspecified atom stereocenters. The molecule has 0 aromatic heterocycles. The van der Waals surface area contributed by atoms with Crippen molar-refractivity contribution in [3.63, 3.8) is 0 Å². The molecule has 0 aliphatic rings. The normalized spacial score (nSPS) is 10.8. The third-order valence-electron chi connectivity index (χ3n) is 1.49. The van der Waals surface area contributed by atoms with Crippen molar-refractivity contribution < 1.29 is 9.59 Å². The van der Waals surface area contributed by atoms with Crippen LogP contribution in [-0.4, -0.2) is 18.2 Å². The third-order valence-corrected chi connectivity index (χ3v) is 1.49. The number of nitrogens with one attached hydrogen (secondary N) is 1. The molecule has 13 heavy (non-hydrogen) atoms. The number of hydrogen-bond donors (Lipinski definition) is 1. The maximum atomic E-state index is 11.0. The first-order valence-electron chi connectivity index (χ1n) is 4.49. The van der Waals surface area contributed by atoms with E-state index in [0.29, 0.717) is 13.0 Å². The average molecular weight is 183 g/mol. The van der Waals surface area contributed by atoms with Gasteiger partial charge in [0.2, 0.25) is 5.91 Å². The van der Waals surface area contributed by atoms with Gasteiger partial charge in [-0.2, -0.15) is 0 Å². The summed E-state index contributed by atoms with van der Waals surface area (Å²) in [6, 6.07) is 0. The Hall–Kier alpha value is -1.12. The molecule has 0 fully saturated rings. The lowest BCUT2D eigenvalue weighted by Gasteiger charge is -2.04. The largest absolute Gasteiger partial charge is 0.356 e. The Bertz CT molecular complexity index is 207. The molecule has 0 aliphatic heterocycles. The summed E-state index contributed by atoms with van der Waals surface area (Å²) < 4.78 is 0. The summed E-state index contributed by atoms with van der Waals surface area (Å²) in [4.78, 5) is 21.5. The van der Waals surface area contributed by atoms with E-state index in [1.807, 2.05) is 13.8 Å². The predicted octanol–water partition coefficient (Wildman–Crippen LogP) is 1.29. The minimum Gasteiger partial charge on any atom is -0.356 e. The van der Waals surface area contributed by atoms with Gasteiger partial charge in [0.1, 0.15) is 0 Å². The van der Waals surface area contributed by atoms with Gasteiger partial charge in [-0.1, -0.05) is 19.9 Å². The highest BCUT2D eigenvalue weighted by atomic mass is 16.1. The lowest BCUT2D eigenvalue weighted by atomic mass is 10.2. The lowest BCUT2D eigenvalue weighted by molar-refractivity contribution is -0.123. The molecule has 3 nitrogen and oxygen atoms in total. The summed E-state index contributed by atoms with van der Waals surface area (Å²) in [6.07, 6.45) is 3.99. The van der Waals surface area contributed by atoms with Crippen LogP contribution in [0.4, 0.5) is 0 Å². The van der Waals surface area contributed by atoms with E-state index in [9.17, 15) is 9.59 Å². The van der Waals surface area contributed by atoms with E-state index in [1.54, 1.807) is 6.08 Å². The van der Waals surface area contributed by atoms with E-state index < -0.39 is 0 Å². The Morgan fingerprint density at radius 1 is 1.38 bits per heavy atom. The standard InChI is InChI=1S/C10H17NO2/c1-8(2)10(13)11-7-5-4-6-9(3)12/h4,6,8H,5,7H2,1-3H3,(H,11,13). The molecule has 0 saturated carbocycles. The molecule has 74 valence electrons. The minimum atomic E-state index is 0.0248. The summed E-state index contributed by atoms with van der Waals surface area (Å²) in [7, 11) is 0. The van der Waals surface area contributed by atoms with E-state index in [1.165, 1.54) is 13.0 Å². The van der Waals surface area contributed by atoms with Gasteiger partial charge in [0, 0.05) is 12.5 Å². The zero-order valence-electron chi connectivity index (χ0n) is 8.46. The first-order valence-corrected chi connectivity index (χ1v) is 4.49. The fourth-order valence-corrected chi connectivity index (χ4v) is 0.732. The van der Waals surface area contributed by atoms with E-state index in [0.717, 1.165) is 0 Å². The van der Waals surface area contributed by atoms with Crippen LogP contribution in [0.1, 0.15) is 27.2 Å². The fourth-order valence-electron chi connectivity index (χ4n) is 0.732. The van der Waals surface area contributed by atoms with Crippen molar-refractivity contribution >= 4 is 11.7 Å². The molecule has 1 N–H and O–H groups in total. The van der Waals surface area contributed by atoms with Crippen LogP contribution in [0.3, 0.4) is 0 Å². The van der Waals surface area contributed by atoms with Crippen molar-refractivity contribution in [3.8, 4) is 0 Å². The number of ketones is 1. The van der Waals surface area contributed by atoms with Gasteiger partial charge in [-0.05, 0) is 19.4 Å². The molecule has 0 radical (unpaired) electrons. The zero-order valence-corrected chi connectivity index (χ0v) is 8.46. The van der Waals surface area contributed by atoms with E-state index in [-0.39, 0.29) is 17.6 Å². The Morgan fingerprint density at radius 2 is 2.00 bits per heavy atom. The quantitative estimate of drug-likeness (QED) is 0.515. The number of amides is 1. The van der Waals surface area contributed by atoms with Crippen molar-refractivity contribution in [2.45, 2.75) is 27.2 Å². The second-order valence-corrected chi connectivity index (χ2v) is 3.25. The molecule has 0 aliphatic carbocycles. The Kier molecular flexibility index (Phi) is 5.85. The number of hydrogen-bond acceptors (Lipinski definition) is 2. The molecule has 0 saturated heterocycles. The molecule has 0 aromatic carbocycles. The van der Waals surface area contributed by atoms with Crippen molar-refractivity contribution in [1.29, 1.82) is 0 Å². The van der Waals surface area contributed by atoms with Crippen molar-refractivity contribution in [2.24, 2.45) is 5.92 Å². The second-order valence-electron chi connectivity index (χ2n) is 3.25.